The monoisotopic (exact) mass is 304 g/mol. The first-order chi connectivity index (χ1) is 10.1. The summed E-state index contributed by atoms with van der Waals surface area (Å²) in [5.41, 5.74) is 1.85. The van der Waals surface area contributed by atoms with Gasteiger partial charge in [0, 0.05) is 35.5 Å². The van der Waals surface area contributed by atoms with E-state index in [1.54, 1.807) is 29.6 Å². The lowest BCUT2D eigenvalue weighted by molar-refractivity contribution is -0.131. The van der Waals surface area contributed by atoms with Gasteiger partial charge in [0.05, 0.1) is 13.3 Å². The van der Waals surface area contributed by atoms with E-state index in [9.17, 15) is 4.79 Å². The average Bonchev–Trinajstić information content (AvgIpc) is 2.88. The van der Waals surface area contributed by atoms with Crippen LogP contribution in [0.2, 0.25) is 0 Å². The standard InChI is InChI=1S/C15H16N2O3S/c1-17-9-13(8-16-17)21-10-11-3-5-14(20-2)12(7-11)4-6-15(18)19/h3-9H,10H2,1-2H3,(H,18,19). The van der Waals surface area contributed by atoms with E-state index in [-0.39, 0.29) is 0 Å². The van der Waals surface area contributed by atoms with Gasteiger partial charge in [-0.15, -0.1) is 11.8 Å². The number of hydrogen-bond donors (Lipinski definition) is 1. The van der Waals surface area contributed by atoms with E-state index in [2.05, 4.69) is 5.10 Å². The minimum Gasteiger partial charge on any atom is -0.496 e. The summed E-state index contributed by atoms with van der Waals surface area (Å²) in [5.74, 6) is 0.457. The second-order valence-electron chi connectivity index (χ2n) is 4.39. The van der Waals surface area contributed by atoms with Crippen molar-refractivity contribution in [1.82, 2.24) is 9.78 Å². The van der Waals surface area contributed by atoms with Crippen molar-refractivity contribution in [2.45, 2.75) is 10.6 Å². The van der Waals surface area contributed by atoms with Gasteiger partial charge >= 0.3 is 5.97 Å². The molecule has 0 amide bonds. The minimum absolute atomic E-state index is 0.655. The highest BCUT2D eigenvalue weighted by Gasteiger charge is 2.04. The third-order valence-corrected chi connectivity index (χ3v) is 3.81. The van der Waals surface area contributed by atoms with Crippen LogP contribution in [-0.4, -0.2) is 28.0 Å². The molecule has 21 heavy (non-hydrogen) atoms. The molecule has 0 unspecified atom stereocenters. The molecule has 0 aliphatic carbocycles. The molecule has 0 fully saturated rings. The van der Waals surface area contributed by atoms with Crippen LogP contribution in [0.4, 0.5) is 0 Å². The first kappa shape index (κ1) is 15.2. The Bertz CT molecular complexity index is 665. The van der Waals surface area contributed by atoms with Crippen molar-refractivity contribution in [3.8, 4) is 5.75 Å². The number of aryl methyl sites for hydroxylation is 1. The first-order valence-corrected chi connectivity index (χ1v) is 7.26. The summed E-state index contributed by atoms with van der Waals surface area (Å²) in [5, 5.41) is 12.8. The second-order valence-corrected chi connectivity index (χ2v) is 5.44. The van der Waals surface area contributed by atoms with Gasteiger partial charge in [-0.3, -0.25) is 4.68 Å². The number of hydrogen-bond acceptors (Lipinski definition) is 4. The molecule has 0 radical (unpaired) electrons. The van der Waals surface area contributed by atoms with Crippen LogP contribution in [0.5, 0.6) is 5.75 Å². The Morgan fingerprint density at radius 3 is 2.95 bits per heavy atom. The molecule has 1 aromatic carbocycles. The zero-order valence-corrected chi connectivity index (χ0v) is 12.6. The largest absolute Gasteiger partial charge is 0.496 e. The average molecular weight is 304 g/mol. The van der Waals surface area contributed by atoms with Crippen LogP contribution in [0, 0.1) is 0 Å². The van der Waals surface area contributed by atoms with Crippen LogP contribution < -0.4 is 4.74 Å². The summed E-state index contributed by atoms with van der Waals surface area (Å²) in [6.07, 6.45) is 6.42. The van der Waals surface area contributed by atoms with Crippen molar-refractivity contribution in [2.24, 2.45) is 7.05 Å². The predicted octanol–water partition coefficient (Wildman–Crippen LogP) is 2.82. The minimum atomic E-state index is -0.979. The molecule has 1 heterocycles. The van der Waals surface area contributed by atoms with Crippen molar-refractivity contribution in [3.63, 3.8) is 0 Å². The van der Waals surface area contributed by atoms with E-state index in [0.717, 1.165) is 27.9 Å². The molecule has 0 bridgehead atoms. The maximum atomic E-state index is 10.6. The van der Waals surface area contributed by atoms with Gasteiger partial charge in [0.25, 0.3) is 0 Å². The lowest BCUT2D eigenvalue weighted by Gasteiger charge is -2.07. The maximum absolute atomic E-state index is 10.6. The van der Waals surface area contributed by atoms with Crippen LogP contribution in [0.25, 0.3) is 6.08 Å². The number of carboxylic acids is 1. The maximum Gasteiger partial charge on any atom is 0.328 e. The lowest BCUT2D eigenvalue weighted by Crippen LogP contribution is -1.91. The molecule has 0 saturated heterocycles. The quantitative estimate of drug-likeness (QED) is 0.656. The van der Waals surface area contributed by atoms with Gasteiger partial charge in [-0.05, 0) is 23.8 Å². The third kappa shape index (κ3) is 4.39. The Labute approximate surface area is 127 Å². The molecule has 0 aliphatic heterocycles. The highest BCUT2D eigenvalue weighted by Crippen LogP contribution is 2.26. The van der Waals surface area contributed by atoms with Crippen LogP contribution >= 0.6 is 11.8 Å². The van der Waals surface area contributed by atoms with Gasteiger partial charge in [-0.2, -0.15) is 5.10 Å². The number of methoxy groups -OCH3 is 1. The summed E-state index contributed by atoms with van der Waals surface area (Å²) in [7, 11) is 3.45. The topological polar surface area (TPSA) is 64.4 Å². The second kappa shape index (κ2) is 6.99. The molecule has 2 aromatic rings. The zero-order chi connectivity index (χ0) is 15.2. The molecular formula is C15H16N2O3S. The molecule has 0 saturated carbocycles. The Balaban J connectivity index is 2.13. The van der Waals surface area contributed by atoms with Crippen LogP contribution in [0.1, 0.15) is 11.1 Å². The van der Waals surface area contributed by atoms with Crippen molar-refractivity contribution >= 4 is 23.8 Å². The van der Waals surface area contributed by atoms with Gasteiger partial charge in [-0.25, -0.2) is 4.79 Å². The normalized spacial score (nSPS) is 11.0. The molecule has 0 aliphatic rings. The van der Waals surface area contributed by atoms with Crippen LogP contribution in [0.15, 0.2) is 41.6 Å². The molecular weight excluding hydrogens is 288 g/mol. The number of benzene rings is 1. The van der Waals surface area contributed by atoms with Gasteiger partial charge < -0.3 is 9.84 Å². The fraction of sp³-hybridized carbons (Fsp3) is 0.200. The Kier molecular flexibility index (Phi) is 5.05. The molecule has 6 heteroatoms. The highest BCUT2D eigenvalue weighted by molar-refractivity contribution is 7.98. The molecule has 110 valence electrons. The molecule has 5 nitrogen and oxygen atoms in total. The smallest absolute Gasteiger partial charge is 0.328 e. The van der Waals surface area contributed by atoms with Gasteiger partial charge in [-0.1, -0.05) is 6.07 Å². The number of carbonyl (C=O) groups is 1. The number of nitrogens with zero attached hydrogens (tertiary/aromatic N) is 2. The Morgan fingerprint density at radius 1 is 1.52 bits per heavy atom. The lowest BCUT2D eigenvalue weighted by atomic mass is 10.1. The SMILES string of the molecule is COc1ccc(CSc2cnn(C)c2)cc1C=CC(=O)O. The number of ether oxygens (including phenoxy) is 1. The van der Waals surface area contributed by atoms with E-state index in [0.29, 0.717) is 5.75 Å². The Morgan fingerprint density at radius 2 is 2.33 bits per heavy atom. The summed E-state index contributed by atoms with van der Waals surface area (Å²) < 4.78 is 7.00. The molecule has 1 N–H and O–H groups in total. The summed E-state index contributed by atoms with van der Waals surface area (Å²) in [6.45, 7) is 0. The van der Waals surface area contributed by atoms with Crippen LogP contribution in [-0.2, 0) is 17.6 Å². The zero-order valence-electron chi connectivity index (χ0n) is 11.8. The molecule has 2 rings (SSSR count). The van der Waals surface area contributed by atoms with Gasteiger partial charge in [0.15, 0.2) is 0 Å². The number of thioether (sulfide) groups is 1. The van der Waals surface area contributed by atoms with Crippen molar-refractivity contribution in [3.05, 3.63) is 47.8 Å². The summed E-state index contributed by atoms with van der Waals surface area (Å²) in [4.78, 5) is 11.7. The molecule has 0 spiro atoms. The number of aromatic nitrogens is 2. The first-order valence-electron chi connectivity index (χ1n) is 6.28. The van der Waals surface area contributed by atoms with Gasteiger partial charge in [0.2, 0.25) is 0 Å². The third-order valence-electron chi connectivity index (χ3n) is 2.79. The molecule has 0 atom stereocenters. The van der Waals surface area contributed by atoms with Crippen molar-refractivity contribution in [1.29, 1.82) is 0 Å². The van der Waals surface area contributed by atoms with E-state index in [4.69, 9.17) is 9.84 Å². The van der Waals surface area contributed by atoms with Crippen LogP contribution in [0.3, 0.4) is 0 Å². The summed E-state index contributed by atoms with van der Waals surface area (Å²) >= 11 is 1.68. The number of aliphatic carboxylic acids is 1. The number of rotatable bonds is 6. The highest BCUT2D eigenvalue weighted by atomic mass is 32.2. The van der Waals surface area contributed by atoms with Gasteiger partial charge in [0.1, 0.15) is 5.75 Å². The summed E-state index contributed by atoms with van der Waals surface area (Å²) in [6, 6.07) is 5.75. The fourth-order valence-electron chi connectivity index (χ4n) is 1.80. The fourth-order valence-corrected chi connectivity index (χ4v) is 2.67. The number of carboxylic acid groups (broad SMARTS) is 1. The van der Waals surface area contributed by atoms with Crippen molar-refractivity contribution < 1.29 is 14.6 Å². The Hall–Kier alpha value is -2.21. The van der Waals surface area contributed by atoms with Crippen molar-refractivity contribution in [2.75, 3.05) is 7.11 Å². The predicted molar refractivity (Wildman–Crippen MR) is 82.4 cm³/mol. The van der Waals surface area contributed by atoms with E-state index in [1.807, 2.05) is 37.6 Å². The van der Waals surface area contributed by atoms with E-state index >= 15 is 0 Å². The van der Waals surface area contributed by atoms with E-state index in [1.165, 1.54) is 0 Å². The van der Waals surface area contributed by atoms with E-state index < -0.39 is 5.97 Å². The molecule has 1 aromatic heterocycles.